The predicted octanol–water partition coefficient (Wildman–Crippen LogP) is 8.20. The second-order valence-electron chi connectivity index (χ2n) is 12.4. The normalized spacial score (nSPS) is 16.9. The van der Waals surface area contributed by atoms with E-state index in [9.17, 15) is 18.6 Å². The SMILES string of the molecule is O=S(=O)(c1ccc(Oc2ccc(C#CC3(O)CCCCC3)cc2)cc1)c1ccccc1Oc1ccc(C#CC2(O)CCCCC2)cc1. The zero-order valence-electron chi connectivity index (χ0n) is 26.2. The molecule has 7 heteroatoms. The van der Waals surface area contributed by atoms with Crippen molar-refractivity contribution in [1.29, 1.82) is 0 Å². The van der Waals surface area contributed by atoms with Crippen molar-refractivity contribution >= 4 is 9.84 Å². The van der Waals surface area contributed by atoms with Gasteiger partial charge in [0.2, 0.25) is 9.84 Å². The molecule has 240 valence electrons. The topological polar surface area (TPSA) is 93.1 Å². The van der Waals surface area contributed by atoms with Crippen molar-refractivity contribution in [2.75, 3.05) is 0 Å². The molecule has 0 saturated heterocycles. The van der Waals surface area contributed by atoms with Crippen LogP contribution in [0.2, 0.25) is 0 Å². The minimum atomic E-state index is -3.91. The van der Waals surface area contributed by atoms with E-state index in [1.807, 2.05) is 12.1 Å². The van der Waals surface area contributed by atoms with Crippen LogP contribution in [0.25, 0.3) is 0 Å². The van der Waals surface area contributed by atoms with Crippen LogP contribution in [0.3, 0.4) is 0 Å². The average Bonchev–Trinajstić information content (AvgIpc) is 3.09. The molecular formula is C40H38O6S. The minimum absolute atomic E-state index is 0.0478. The van der Waals surface area contributed by atoms with Crippen LogP contribution in [0.4, 0.5) is 0 Å². The Morgan fingerprint density at radius 1 is 0.532 bits per heavy atom. The first-order valence-corrected chi connectivity index (χ1v) is 17.7. The van der Waals surface area contributed by atoms with Crippen LogP contribution < -0.4 is 9.47 Å². The van der Waals surface area contributed by atoms with E-state index in [1.54, 1.807) is 66.7 Å². The van der Waals surface area contributed by atoms with Crippen molar-refractivity contribution in [1.82, 2.24) is 0 Å². The van der Waals surface area contributed by atoms with E-state index in [0.717, 1.165) is 49.7 Å². The summed E-state index contributed by atoms with van der Waals surface area (Å²) in [6.45, 7) is 0. The van der Waals surface area contributed by atoms with Crippen LogP contribution in [-0.2, 0) is 9.84 Å². The molecule has 2 fully saturated rings. The third-order valence-electron chi connectivity index (χ3n) is 8.69. The van der Waals surface area contributed by atoms with Crippen LogP contribution in [0.5, 0.6) is 23.0 Å². The summed E-state index contributed by atoms with van der Waals surface area (Å²) in [4.78, 5) is 0.157. The highest BCUT2D eigenvalue weighted by Gasteiger charge is 2.27. The molecule has 0 aromatic heterocycles. The van der Waals surface area contributed by atoms with Gasteiger partial charge in [-0.05, 0) is 136 Å². The zero-order chi connectivity index (χ0) is 32.7. The summed E-state index contributed by atoms with van der Waals surface area (Å²) in [5.41, 5.74) is -0.287. The summed E-state index contributed by atoms with van der Waals surface area (Å²) in [5.74, 6) is 14.0. The molecular weight excluding hydrogens is 609 g/mol. The molecule has 4 aromatic rings. The monoisotopic (exact) mass is 646 g/mol. The number of hydrogen-bond acceptors (Lipinski definition) is 6. The van der Waals surface area contributed by atoms with Gasteiger partial charge in [-0.1, -0.05) is 48.7 Å². The van der Waals surface area contributed by atoms with Gasteiger partial charge >= 0.3 is 0 Å². The van der Waals surface area contributed by atoms with E-state index >= 15 is 0 Å². The van der Waals surface area contributed by atoms with Gasteiger partial charge in [-0.15, -0.1) is 0 Å². The lowest BCUT2D eigenvalue weighted by atomic mass is 9.85. The Balaban J connectivity index is 1.11. The molecule has 4 aromatic carbocycles. The highest BCUT2D eigenvalue weighted by Crippen LogP contribution is 2.34. The van der Waals surface area contributed by atoms with E-state index < -0.39 is 21.0 Å². The molecule has 0 atom stereocenters. The number of rotatable bonds is 6. The summed E-state index contributed by atoms with van der Waals surface area (Å²) in [7, 11) is -3.91. The Bertz CT molecular complexity index is 1910. The molecule has 0 radical (unpaired) electrons. The fourth-order valence-corrected chi connectivity index (χ4v) is 7.33. The van der Waals surface area contributed by atoms with Gasteiger partial charge in [0.25, 0.3) is 0 Å². The maximum atomic E-state index is 13.7. The summed E-state index contributed by atoms with van der Waals surface area (Å²) < 4.78 is 39.3. The van der Waals surface area contributed by atoms with E-state index in [2.05, 4.69) is 23.7 Å². The van der Waals surface area contributed by atoms with Crippen molar-refractivity contribution in [3.05, 3.63) is 108 Å². The number of ether oxygens (including phenoxy) is 2. The highest BCUT2D eigenvalue weighted by atomic mass is 32.2. The summed E-state index contributed by atoms with van der Waals surface area (Å²) >= 11 is 0. The quantitative estimate of drug-likeness (QED) is 0.205. The molecule has 0 unspecified atom stereocenters. The van der Waals surface area contributed by atoms with Crippen molar-refractivity contribution in [3.8, 4) is 46.7 Å². The van der Waals surface area contributed by atoms with Gasteiger partial charge in [-0.25, -0.2) is 8.42 Å². The molecule has 0 bridgehead atoms. The van der Waals surface area contributed by atoms with Crippen molar-refractivity contribution < 1.29 is 28.1 Å². The third-order valence-corrected chi connectivity index (χ3v) is 10.5. The Labute approximate surface area is 277 Å². The van der Waals surface area contributed by atoms with E-state index in [-0.39, 0.29) is 15.5 Å². The van der Waals surface area contributed by atoms with E-state index in [0.29, 0.717) is 42.9 Å². The summed E-state index contributed by atoms with van der Waals surface area (Å²) in [6.07, 6.45) is 9.04. The second-order valence-corrected chi connectivity index (χ2v) is 14.3. The largest absolute Gasteiger partial charge is 0.457 e. The van der Waals surface area contributed by atoms with Crippen molar-refractivity contribution in [3.63, 3.8) is 0 Å². The highest BCUT2D eigenvalue weighted by molar-refractivity contribution is 7.91. The molecule has 2 aliphatic carbocycles. The number of sulfone groups is 1. The molecule has 6 rings (SSSR count). The van der Waals surface area contributed by atoms with Crippen LogP contribution in [0, 0.1) is 23.7 Å². The molecule has 0 heterocycles. The number of benzene rings is 4. The van der Waals surface area contributed by atoms with Gasteiger partial charge in [0.15, 0.2) is 0 Å². The fraction of sp³-hybridized carbons (Fsp3) is 0.300. The molecule has 2 N–H and O–H groups in total. The Kier molecular flexibility index (Phi) is 9.71. The van der Waals surface area contributed by atoms with Crippen LogP contribution >= 0.6 is 0 Å². The lowest BCUT2D eigenvalue weighted by Gasteiger charge is -2.26. The lowest BCUT2D eigenvalue weighted by molar-refractivity contribution is 0.0606. The van der Waals surface area contributed by atoms with Crippen molar-refractivity contribution in [2.45, 2.75) is 85.2 Å². The molecule has 2 aliphatic rings. The number of hydrogen-bond donors (Lipinski definition) is 2. The van der Waals surface area contributed by atoms with Gasteiger partial charge < -0.3 is 19.7 Å². The standard InChI is InChI=1S/C40H38O6S/c41-39(25-5-1-6-26-39)29-23-31-11-15-33(16-12-31)45-34-19-21-36(22-20-34)47(43,44)38-10-4-3-9-37(38)46-35-17-13-32(14-18-35)24-30-40(42)27-7-2-8-28-40/h3-4,9-22,41-42H,1-2,5-8,25-28H2. The first-order valence-electron chi connectivity index (χ1n) is 16.2. The third kappa shape index (κ3) is 8.25. The number of para-hydroxylation sites is 1. The van der Waals surface area contributed by atoms with Gasteiger partial charge in [0, 0.05) is 11.1 Å². The smallest absolute Gasteiger partial charge is 0.210 e. The Morgan fingerprint density at radius 3 is 1.45 bits per heavy atom. The predicted molar refractivity (Wildman–Crippen MR) is 181 cm³/mol. The molecule has 0 amide bonds. The first kappa shape index (κ1) is 32.4. The maximum absolute atomic E-state index is 13.7. The van der Waals surface area contributed by atoms with Gasteiger partial charge in [0.05, 0.1) is 4.90 Å². The second kappa shape index (κ2) is 14.1. The zero-order valence-corrected chi connectivity index (χ0v) is 27.1. The van der Waals surface area contributed by atoms with Crippen LogP contribution in [0.15, 0.2) is 107 Å². The molecule has 6 nitrogen and oxygen atoms in total. The molecule has 2 saturated carbocycles. The first-order chi connectivity index (χ1) is 22.7. The van der Waals surface area contributed by atoms with Gasteiger partial charge in [-0.2, -0.15) is 0 Å². The molecule has 0 spiro atoms. The Morgan fingerprint density at radius 2 is 0.957 bits per heavy atom. The van der Waals surface area contributed by atoms with Gasteiger partial charge in [0.1, 0.15) is 39.1 Å². The van der Waals surface area contributed by atoms with Gasteiger partial charge in [-0.3, -0.25) is 0 Å². The maximum Gasteiger partial charge on any atom is 0.210 e. The van der Waals surface area contributed by atoms with E-state index in [4.69, 9.17) is 9.47 Å². The summed E-state index contributed by atoms with van der Waals surface area (Å²) in [6, 6.07) is 27.2. The van der Waals surface area contributed by atoms with Crippen molar-refractivity contribution in [2.24, 2.45) is 0 Å². The molecule has 0 aliphatic heterocycles. The summed E-state index contributed by atoms with van der Waals surface area (Å²) in [5, 5.41) is 21.3. The average molecular weight is 647 g/mol. The number of aliphatic hydroxyl groups is 2. The van der Waals surface area contributed by atoms with Crippen LogP contribution in [-0.4, -0.2) is 29.8 Å². The van der Waals surface area contributed by atoms with Crippen LogP contribution in [0.1, 0.15) is 75.3 Å². The lowest BCUT2D eigenvalue weighted by Crippen LogP contribution is -2.29. The Hall–Kier alpha value is -4.53. The van der Waals surface area contributed by atoms with E-state index in [1.165, 1.54) is 18.2 Å². The minimum Gasteiger partial charge on any atom is -0.457 e. The fourth-order valence-electron chi connectivity index (χ4n) is 5.95. The molecule has 47 heavy (non-hydrogen) atoms.